The molecule has 0 aliphatic heterocycles. The van der Waals surface area contributed by atoms with Gasteiger partial charge in [0.25, 0.3) is 0 Å². The third-order valence-corrected chi connectivity index (χ3v) is 5.69. The van der Waals surface area contributed by atoms with Gasteiger partial charge in [0.15, 0.2) is 0 Å². The van der Waals surface area contributed by atoms with Crippen molar-refractivity contribution in [2.45, 2.75) is 24.5 Å². The average molecular weight is 439 g/mol. The molecule has 31 heavy (non-hydrogen) atoms. The molecule has 1 aromatic heterocycles. The van der Waals surface area contributed by atoms with Gasteiger partial charge >= 0.3 is 6.09 Å². The Morgan fingerprint density at radius 3 is 2.29 bits per heavy atom. The van der Waals surface area contributed by atoms with Crippen LogP contribution in [-0.4, -0.2) is 40.5 Å². The van der Waals surface area contributed by atoms with Crippen LogP contribution in [0.15, 0.2) is 66.9 Å². The van der Waals surface area contributed by atoms with Crippen molar-refractivity contribution < 1.29 is 19.7 Å². The number of alkyl carbamates (subject to hydrolysis) is 1. The number of amides is 1. The van der Waals surface area contributed by atoms with Crippen molar-refractivity contribution in [1.82, 2.24) is 10.3 Å². The number of nitrogens with zero attached hydrogens (tertiary/aromatic N) is 1. The molecular formula is C24H23ClN2O4. The van der Waals surface area contributed by atoms with E-state index in [9.17, 15) is 15.0 Å². The predicted molar refractivity (Wildman–Crippen MR) is 118 cm³/mol. The molecule has 6 nitrogen and oxygen atoms in total. The highest BCUT2D eigenvalue weighted by molar-refractivity contribution is 6.30. The van der Waals surface area contributed by atoms with Crippen LogP contribution in [0.2, 0.25) is 5.02 Å². The fraction of sp³-hybridized carbons (Fsp3) is 0.250. The van der Waals surface area contributed by atoms with E-state index in [0.29, 0.717) is 10.7 Å². The van der Waals surface area contributed by atoms with Gasteiger partial charge in [-0.1, -0.05) is 60.1 Å². The molecule has 3 N–H and O–H groups in total. The van der Waals surface area contributed by atoms with Crippen molar-refractivity contribution in [3.63, 3.8) is 0 Å². The molecule has 0 saturated carbocycles. The number of carbonyl (C=O) groups is 1. The summed E-state index contributed by atoms with van der Waals surface area (Å²) < 4.78 is 5.46. The Bertz CT molecular complexity index is 1010. The first-order chi connectivity index (χ1) is 15.0. The highest BCUT2D eigenvalue weighted by atomic mass is 35.5. The summed E-state index contributed by atoms with van der Waals surface area (Å²) in [4.78, 5) is 16.2. The van der Waals surface area contributed by atoms with Crippen molar-refractivity contribution in [2.75, 3.05) is 13.2 Å². The summed E-state index contributed by atoms with van der Waals surface area (Å²) in [6.07, 6.45) is -1.26. The number of carbonyl (C=O) groups excluding carboxylic acids is 1. The molecule has 2 atom stereocenters. The normalized spacial score (nSPS) is 14.4. The van der Waals surface area contributed by atoms with Crippen LogP contribution in [-0.2, 0) is 4.74 Å². The van der Waals surface area contributed by atoms with Gasteiger partial charge in [-0.2, -0.15) is 0 Å². The number of hydrogen-bond acceptors (Lipinski definition) is 5. The number of fused-ring (bicyclic) bond motifs is 3. The molecule has 0 saturated heterocycles. The fourth-order valence-electron chi connectivity index (χ4n) is 3.89. The van der Waals surface area contributed by atoms with Crippen LogP contribution in [0.4, 0.5) is 4.79 Å². The second kappa shape index (κ2) is 9.47. The molecule has 0 fully saturated rings. The van der Waals surface area contributed by atoms with Gasteiger partial charge in [-0.15, -0.1) is 0 Å². The first-order valence-electron chi connectivity index (χ1n) is 10.1. The summed E-state index contributed by atoms with van der Waals surface area (Å²) in [7, 11) is 0. The quantitative estimate of drug-likeness (QED) is 0.517. The summed E-state index contributed by atoms with van der Waals surface area (Å²) in [5.41, 5.74) is 4.94. The number of halogens is 1. The van der Waals surface area contributed by atoms with Crippen LogP contribution in [0.3, 0.4) is 0 Å². The maximum atomic E-state index is 12.2. The minimum absolute atomic E-state index is 0.0125. The van der Waals surface area contributed by atoms with Crippen molar-refractivity contribution in [3.8, 4) is 11.1 Å². The average Bonchev–Trinajstić information content (AvgIpc) is 3.11. The van der Waals surface area contributed by atoms with Crippen LogP contribution in [0.25, 0.3) is 11.1 Å². The predicted octanol–water partition coefficient (Wildman–Crippen LogP) is 4.06. The molecule has 1 aliphatic rings. The lowest BCUT2D eigenvalue weighted by molar-refractivity contribution is 0.0112. The van der Waals surface area contributed by atoms with Crippen molar-refractivity contribution >= 4 is 17.7 Å². The summed E-state index contributed by atoms with van der Waals surface area (Å²) >= 11 is 5.78. The van der Waals surface area contributed by atoms with Crippen molar-refractivity contribution in [2.24, 2.45) is 0 Å². The van der Waals surface area contributed by atoms with Gasteiger partial charge in [0.05, 0.1) is 16.8 Å². The SMILES string of the molecule is O=C(NCCC(O)C(O)c1ccc(Cl)cn1)OCC1c2ccccc2-c2ccccc21. The second-order valence-corrected chi connectivity index (χ2v) is 7.89. The number of benzene rings is 2. The number of hydrogen-bond donors (Lipinski definition) is 3. The number of aromatic nitrogens is 1. The van der Waals surface area contributed by atoms with Gasteiger partial charge in [0.1, 0.15) is 12.7 Å². The zero-order chi connectivity index (χ0) is 21.8. The number of pyridine rings is 1. The Morgan fingerprint density at radius 1 is 1.03 bits per heavy atom. The summed E-state index contributed by atoms with van der Waals surface area (Å²) in [5, 5.41) is 23.4. The lowest BCUT2D eigenvalue weighted by atomic mass is 9.98. The zero-order valence-corrected chi connectivity index (χ0v) is 17.5. The highest BCUT2D eigenvalue weighted by Crippen LogP contribution is 2.44. The van der Waals surface area contributed by atoms with Crippen LogP contribution in [0, 0.1) is 0 Å². The van der Waals surface area contributed by atoms with E-state index in [1.165, 1.54) is 17.3 Å². The number of aliphatic hydroxyl groups is 2. The van der Waals surface area contributed by atoms with Gasteiger partial charge in [0.2, 0.25) is 0 Å². The molecular weight excluding hydrogens is 416 g/mol. The maximum absolute atomic E-state index is 12.2. The molecule has 4 rings (SSSR count). The van der Waals surface area contributed by atoms with E-state index in [0.717, 1.165) is 11.1 Å². The lowest BCUT2D eigenvalue weighted by Gasteiger charge is -2.18. The summed E-state index contributed by atoms with van der Waals surface area (Å²) in [6.45, 7) is 0.377. The Kier molecular flexibility index (Phi) is 6.51. The van der Waals surface area contributed by atoms with Gasteiger partial charge in [-0.25, -0.2) is 4.79 Å². The van der Waals surface area contributed by atoms with E-state index in [-0.39, 0.29) is 25.5 Å². The van der Waals surface area contributed by atoms with Crippen LogP contribution >= 0.6 is 11.6 Å². The number of aliphatic hydroxyl groups excluding tert-OH is 2. The lowest BCUT2D eigenvalue weighted by Crippen LogP contribution is -2.30. The molecule has 160 valence electrons. The molecule has 7 heteroatoms. The molecule has 1 heterocycles. The fourth-order valence-corrected chi connectivity index (χ4v) is 4.00. The maximum Gasteiger partial charge on any atom is 0.407 e. The van der Waals surface area contributed by atoms with E-state index in [4.69, 9.17) is 16.3 Å². The molecule has 1 amide bonds. The molecule has 0 spiro atoms. The second-order valence-electron chi connectivity index (χ2n) is 7.45. The standard InChI is InChI=1S/C24H23ClN2O4/c25-15-9-10-21(27-13-15)23(29)22(28)11-12-26-24(30)31-14-20-18-7-3-1-5-16(18)17-6-2-4-8-19(17)20/h1-10,13,20,22-23,28-29H,11-12,14H2,(H,26,30). The highest BCUT2D eigenvalue weighted by Gasteiger charge is 2.29. The smallest absolute Gasteiger partial charge is 0.407 e. The Morgan fingerprint density at radius 2 is 1.68 bits per heavy atom. The van der Waals surface area contributed by atoms with Crippen LogP contribution in [0.5, 0.6) is 0 Å². The molecule has 0 radical (unpaired) electrons. The molecule has 3 aromatic rings. The van der Waals surface area contributed by atoms with Gasteiger partial charge < -0.3 is 20.3 Å². The zero-order valence-electron chi connectivity index (χ0n) is 16.7. The van der Waals surface area contributed by atoms with Gasteiger partial charge in [-0.3, -0.25) is 4.98 Å². The third-order valence-electron chi connectivity index (χ3n) is 5.47. The largest absolute Gasteiger partial charge is 0.449 e. The number of ether oxygens (including phenoxy) is 1. The first kappa shape index (κ1) is 21.3. The number of nitrogens with one attached hydrogen (secondary N) is 1. The van der Waals surface area contributed by atoms with E-state index in [2.05, 4.69) is 34.6 Å². The first-order valence-corrected chi connectivity index (χ1v) is 10.5. The van der Waals surface area contributed by atoms with Crippen LogP contribution in [0.1, 0.15) is 35.3 Å². The third kappa shape index (κ3) is 4.71. The van der Waals surface area contributed by atoms with Crippen molar-refractivity contribution in [3.05, 3.63) is 88.7 Å². The Labute approximate surface area is 185 Å². The topological polar surface area (TPSA) is 91.7 Å². The molecule has 0 bridgehead atoms. The molecule has 2 unspecified atom stereocenters. The Balaban J connectivity index is 1.28. The summed E-state index contributed by atoms with van der Waals surface area (Å²) in [6, 6.07) is 19.4. The van der Waals surface area contributed by atoms with E-state index >= 15 is 0 Å². The number of rotatable bonds is 7. The van der Waals surface area contributed by atoms with E-state index in [1.807, 2.05) is 24.3 Å². The van der Waals surface area contributed by atoms with Crippen LogP contribution < -0.4 is 5.32 Å². The van der Waals surface area contributed by atoms with Crippen molar-refractivity contribution in [1.29, 1.82) is 0 Å². The minimum Gasteiger partial charge on any atom is -0.449 e. The van der Waals surface area contributed by atoms with Gasteiger partial charge in [0, 0.05) is 18.7 Å². The summed E-state index contributed by atoms with van der Waals surface area (Å²) in [5.74, 6) is -0.0125. The Hall–Kier alpha value is -2.93. The molecule has 1 aliphatic carbocycles. The van der Waals surface area contributed by atoms with Gasteiger partial charge in [-0.05, 0) is 40.8 Å². The monoisotopic (exact) mass is 438 g/mol. The molecule has 2 aromatic carbocycles. The minimum atomic E-state index is -1.17. The van der Waals surface area contributed by atoms with E-state index < -0.39 is 18.3 Å². The van der Waals surface area contributed by atoms with E-state index in [1.54, 1.807) is 12.1 Å².